The predicted octanol–water partition coefficient (Wildman–Crippen LogP) is 1.91. The monoisotopic (exact) mass is 598 g/mol. The zero-order valence-corrected chi connectivity index (χ0v) is 24.4. The van der Waals surface area contributed by atoms with Crippen LogP contribution >= 0.6 is 0 Å². The average Bonchev–Trinajstić information content (AvgIpc) is 3.18. The molecule has 38 heavy (non-hydrogen) atoms. The van der Waals surface area contributed by atoms with Gasteiger partial charge in [-0.25, -0.2) is 9.98 Å². The van der Waals surface area contributed by atoms with Crippen LogP contribution in [0.2, 0.25) is 0 Å². The normalized spacial score (nSPS) is 25.3. The maximum atomic E-state index is 6.83. The van der Waals surface area contributed by atoms with Crippen molar-refractivity contribution >= 4 is 11.8 Å². The minimum atomic E-state index is -0.217. The summed E-state index contributed by atoms with van der Waals surface area (Å²) in [5.74, 6) is 1.63. The predicted molar refractivity (Wildman–Crippen MR) is 141 cm³/mol. The molecular weight excluding hydrogens is 562 g/mol. The van der Waals surface area contributed by atoms with Gasteiger partial charge in [-0.3, -0.25) is 0 Å². The maximum Gasteiger partial charge on any atom is 2.00 e. The molecule has 2 saturated carbocycles. The van der Waals surface area contributed by atoms with Crippen molar-refractivity contribution in [2.24, 2.45) is 9.98 Å². The largest absolute Gasteiger partial charge is 2.00 e. The van der Waals surface area contributed by atoms with Crippen LogP contribution in [0.3, 0.4) is 0 Å². The molecule has 0 bridgehead atoms. The fraction of sp³-hybridized carbons (Fsp3) is 0.548. The molecule has 0 saturated heterocycles. The molecule has 0 aromatic heterocycles. The van der Waals surface area contributed by atoms with Gasteiger partial charge < -0.3 is 34.3 Å². The minimum absolute atomic E-state index is 0. The van der Waals surface area contributed by atoms with Gasteiger partial charge in [0.15, 0.2) is 11.8 Å². The van der Waals surface area contributed by atoms with Crippen LogP contribution in [0.4, 0.5) is 0 Å². The zero-order valence-electron chi connectivity index (χ0n) is 21.9. The van der Waals surface area contributed by atoms with E-state index in [4.69, 9.17) is 19.5 Å². The molecule has 7 heteroatoms. The third-order valence-corrected chi connectivity index (χ3v) is 8.62. The number of ether oxygens (including phenoxy) is 2. The first kappa shape index (κ1) is 31.0. The summed E-state index contributed by atoms with van der Waals surface area (Å²) >= 11 is 0. The smallest absolute Gasteiger partial charge is 1.00 e. The van der Waals surface area contributed by atoms with Crippen LogP contribution in [0.25, 0.3) is 0 Å². The number of rotatable bonds is 4. The molecular formula is C31H38Cl2N2NiO2. The van der Waals surface area contributed by atoms with Gasteiger partial charge in [0.05, 0.1) is 6.42 Å². The van der Waals surface area contributed by atoms with E-state index >= 15 is 0 Å². The SMILES string of the molecule is [Cl-].[Cl-].[Ni+2].c1ccc([C@H]2N=C(CC3=N[C@H](c4ccccc4)C4(CCCCCC4)O3)OC23CCCCCC3)cc1. The molecule has 2 atom stereocenters. The molecule has 2 spiro atoms. The first-order valence-corrected chi connectivity index (χ1v) is 13.9. The molecule has 0 amide bonds. The van der Waals surface area contributed by atoms with Crippen molar-refractivity contribution in [1.82, 2.24) is 0 Å². The standard InChI is InChI=1S/C31H38N2O2.2ClH.Ni/c1-2-12-20-30(19-11-1)28(24-15-7-5-8-16-24)32-26(34-30)23-27-33-29(25-17-9-6-10-18-25)31(35-27)21-13-3-4-14-22-31;;;/h5-10,15-18,28-29H,1-4,11-14,19-23H2;2*1H;/q;;;+2/p-2/t28-,29-;;;/m1.../s1. The Hall–Kier alpha value is -1.55. The van der Waals surface area contributed by atoms with Gasteiger partial charge in [0.1, 0.15) is 23.3 Å². The molecule has 4 aliphatic rings. The molecule has 6 rings (SSSR count). The Balaban J connectivity index is 0.00000133. The molecule has 0 N–H and O–H groups in total. The number of benzene rings is 2. The Labute approximate surface area is 250 Å². The fourth-order valence-electron chi connectivity index (χ4n) is 6.88. The van der Waals surface area contributed by atoms with Gasteiger partial charge in [-0.2, -0.15) is 0 Å². The maximum absolute atomic E-state index is 6.83. The molecule has 4 nitrogen and oxygen atoms in total. The van der Waals surface area contributed by atoms with E-state index < -0.39 is 0 Å². The van der Waals surface area contributed by atoms with E-state index in [1.807, 2.05) is 0 Å². The zero-order chi connectivity index (χ0) is 23.6. The van der Waals surface area contributed by atoms with Gasteiger partial charge in [0.2, 0.25) is 0 Å². The van der Waals surface area contributed by atoms with Crippen molar-refractivity contribution in [3.8, 4) is 0 Å². The van der Waals surface area contributed by atoms with Crippen LogP contribution in [0, 0.1) is 0 Å². The van der Waals surface area contributed by atoms with E-state index in [1.165, 1.54) is 62.5 Å². The van der Waals surface area contributed by atoms with Crippen molar-refractivity contribution in [1.29, 1.82) is 0 Å². The molecule has 0 radical (unpaired) electrons. The number of nitrogens with zero attached hydrogens (tertiary/aromatic N) is 2. The summed E-state index contributed by atoms with van der Waals surface area (Å²) < 4.78 is 13.7. The second kappa shape index (κ2) is 13.7. The molecule has 2 aliphatic heterocycles. The molecule has 208 valence electrons. The molecule has 2 heterocycles. The molecule has 0 unspecified atom stereocenters. The Morgan fingerprint density at radius 3 is 1.24 bits per heavy atom. The summed E-state index contributed by atoms with van der Waals surface area (Å²) in [7, 11) is 0. The quantitative estimate of drug-likeness (QED) is 0.504. The van der Waals surface area contributed by atoms with Gasteiger partial charge in [0.25, 0.3) is 0 Å². The van der Waals surface area contributed by atoms with Crippen LogP contribution in [0.1, 0.15) is 107 Å². The van der Waals surface area contributed by atoms with Gasteiger partial charge >= 0.3 is 16.5 Å². The van der Waals surface area contributed by atoms with Gasteiger partial charge in [-0.05, 0) is 62.5 Å². The summed E-state index contributed by atoms with van der Waals surface area (Å²) in [5.41, 5.74) is 2.10. The summed E-state index contributed by atoms with van der Waals surface area (Å²) in [5, 5.41) is 0. The topological polar surface area (TPSA) is 43.2 Å². The summed E-state index contributed by atoms with van der Waals surface area (Å²) in [6.07, 6.45) is 14.9. The van der Waals surface area contributed by atoms with Crippen molar-refractivity contribution in [3.63, 3.8) is 0 Å². The Kier molecular flexibility index (Phi) is 11.2. The van der Waals surface area contributed by atoms with Crippen LogP contribution in [0.15, 0.2) is 70.6 Å². The number of hydrogen-bond acceptors (Lipinski definition) is 4. The molecule has 2 fully saturated rings. The van der Waals surface area contributed by atoms with Crippen molar-refractivity contribution < 1.29 is 50.8 Å². The number of hydrogen-bond donors (Lipinski definition) is 0. The second-order valence-electron chi connectivity index (χ2n) is 11.0. The third kappa shape index (κ3) is 6.26. The van der Waals surface area contributed by atoms with E-state index in [-0.39, 0.29) is 64.6 Å². The average molecular weight is 600 g/mol. The Morgan fingerprint density at radius 1 is 0.553 bits per heavy atom. The van der Waals surface area contributed by atoms with Crippen molar-refractivity contribution in [2.45, 2.75) is 107 Å². The van der Waals surface area contributed by atoms with Crippen molar-refractivity contribution in [2.75, 3.05) is 0 Å². The second-order valence-corrected chi connectivity index (χ2v) is 11.0. The van der Waals surface area contributed by atoms with E-state index in [1.54, 1.807) is 0 Å². The first-order chi connectivity index (χ1) is 17.3. The van der Waals surface area contributed by atoms with E-state index in [2.05, 4.69) is 60.7 Å². The molecule has 2 aliphatic carbocycles. The number of halogens is 2. The van der Waals surface area contributed by atoms with Gasteiger partial charge in [-0.1, -0.05) is 86.3 Å². The van der Waals surface area contributed by atoms with Gasteiger partial charge in [0, 0.05) is 0 Å². The van der Waals surface area contributed by atoms with Crippen LogP contribution in [0.5, 0.6) is 0 Å². The minimum Gasteiger partial charge on any atom is -1.00 e. The van der Waals surface area contributed by atoms with Gasteiger partial charge in [-0.15, -0.1) is 0 Å². The summed E-state index contributed by atoms with van der Waals surface area (Å²) in [6, 6.07) is 21.6. The Bertz CT molecular complexity index is 978. The van der Waals surface area contributed by atoms with E-state index in [0.717, 1.165) is 37.5 Å². The first-order valence-electron chi connectivity index (χ1n) is 13.9. The number of aliphatic imine (C=N–C) groups is 2. The van der Waals surface area contributed by atoms with E-state index in [9.17, 15) is 0 Å². The van der Waals surface area contributed by atoms with Crippen LogP contribution in [-0.4, -0.2) is 23.0 Å². The Morgan fingerprint density at radius 2 is 0.895 bits per heavy atom. The van der Waals surface area contributed by atoms with Crippen molar-refractivity contribution in [3.05, 3.63) is 71.8 Å². The van der Waals surface area contributed by atoms with Crippen LogP contribution in [-0.2, 0) is 26.0 Å². The van der Waals surface area contributed by atoms with Crippen LogP contribution < -0.4 is 24.8 Å². The third-order valence-electron chi connectivity index (χ3n) is 8.62. The summed E-state index contributed by atoms with van der Waals surface area (Å²) in [6.45, 7) is 0. The molecule has 2 aromatic carbocycles. The fourth-order valence-corrected chi connectivity index (χ4v) is 6.88. The van der Waals surface area contributed by atoms with E-state index in [0.29, 0.717) is 6.42 Å². The summed E-state index contributed by atoms with van der Waals surface area (Å²) in [4.78, 5) is 10.4. The molecule has 2 aromatic rings.